The molecule has 1 nitrogen and oxygen atoms in total. The molecule has 2 aliphatic carbocycles. The molecule has 3 rings (SSSR count). The van der Waals surface area contributed by atoms with Crippen LogP contribution in [0.2, 0.25) is 0 Å². The second-order valence-electron chi connectivity index (χ2n) is 10.6. The van der Waals surface area contributed by atoms with E-state index in [-0.39, 0.29) is 36.0 Å². The molecule has 0 aromatic heterocycles. The maximum absolute atomic E-state index is 14.2. The Morgan fingerprint density at radius 2 is 1.42 bits per heavy atom. The van der Waals surface area contributed by atoms with Gasteiger partial charge in [-0.25, -0.2) is 0 Å². The van der Waals surface area contributed by atoms with Crippen LogP contribution in [-0.2, 0) is 12.4 Å². The molecule has 1 aromatic carbocycles. The van der Waals surface area contributed by atoms with Gasteiger partial charge in [0.2, 0.25) is 0 Å². The van der Waals surface area contributed by atoms with E-state index in [1.807, 2.05) is 6.92 Å². The second-order valence-corrected chi connectivity index (χ2v) is 10.6. The van der Waals surface area contributed by atoms with Crippen LogP contribution in [0.1, 0.15) is 99.3 Å². The molecule has 2 fully saturated rings. The molecular weight excluding hydrogens is 492 g/mol. The Bertz CT molecular complexity index is 898. The van der Waals surface area contributed by atoms with Gasteiger partial charge in [-0.15, -0.1) is 0 Å². The van der Waals surface area contributed by atoms with E-state index in [1.54, 1.807) is 0 Å². The number of rotatable bonds is 7. The second kappa shape index (κ2) is 11.7. The van der Waals surface area contributed by atoms with Crippen molar-refractivity contribution in [2.75, 3.05) is 6.61 Å². The zero-order valence-electron chi connectivity index (χ0n) is 20.7. The summed E-state index contributed by atoms with van der Waals surface area (Å²) < 4.78 is 115. The third-order valence-corrected chi connectivity index (χ3v) is 7.82. The summed E-state index contributed by atoms with van der Waals surface area (Å²) in [5.74, 6) is -0.795. The highest BCUT2D eigenvalue weighted by atomic mass is 19.4. The molecule has 2 aliphatic rings. The monoisotopic (exact) mass is 526 g/mol. The lowest BCUT2D eigenvalue weighted by molar-refractivity contribution is -0.163. The van der Waals surface area contributed by atoms with Crippen LogP contribution in [0.15, 0.2) is 18.2 Å². The summed E-state index contributed by atoms with van der Waals surface area (Å²) in [6.07, 6.45) is -5.38. The fourth-order valence-corrected chi connectivity index (χ4v) is 5.80. The lowest BCUT2D eigenvalue weighted by Crippen LogP contribution is -2.25. The minimum atomic E-state index is -5.22. The zero-order chi connectivity index (χ0) is 26.7. The van der Waals surface area contributed by atoms with Gasteiger partial charge in [-0.3, -0.25) is 0 Å². The summed E-state index contributed by atoms with van der Waals surface area (Å²) in [5, 5.41) is 0. The molecule has 0 heterocycles. The van der Waals surface area contributed by atoms with Gasteiger partial charge in [-0.1, -0.05) is 38.7 Å². The van der Waals surface area contributed by atoms with Crippen LogP contribution in [0.5, 0.6) is 5.75 Å². The van der Waals surface area contributed by atoms with E-state index in [9.17, 15) is 35.1 Å². The highest BCUT2D eigenvalue weighted by Crippen LogP contribution is 2.51. The summed E-state index contributed by atoms with van der Waals surface area (Å²) in [7, 11) is 0. The first-order valence-electron chi connectivity index (χ1n) is 12.7. The van der Waals surface area contributed by atoms with Crippen molar-refractivity contribution in [2.24, 2.45) is 17.8 Å². The molecule has 204 valence electrons. The van der Waals surface area contributed by atoms with Gasteiger partial charge in [0.15, 0.2) is 0 Å². The van der Waals surface area contributed by atoms with Crippen LogP contribution in [-0.4, -0.2) is 6.61 Å². The van der Waals surface area contributed by atoms with Crippen molar-refractivity contribution in [1.29, 1.82) is 0 Å². The number of ether oxygens (including phenoxy) is 1. The Morgan fingerprint density at radius 3 is 1.94 bits per heavy atom. The maximum Gasteiger partial charge on any atom is 0.420 e. The van der Waals surface area contributed by atoms with E-state index in [4.69, 9.17) is 4.74 Å². The summed E-state index contributed by atoms with van der Waals surface area (Å²) >= 11 is 0. The molecule has 0 N–H and O–H groups in total. The number of halogens is 8. The Balaban J connectivity index is 1.82. The van der Waals surface area contributed by atoms with Crippen LogP contribution >= 0.6 is 0 Å². The topological polar surface area (TPSA) is 9.23 Å². The number of benzene rings is 1. The first-order valence-corrected chi connectivity index (χ1v) is 12.7. The largest absolute Gasteiger partial charge is 0.492 e. The van der Waals surface area contributed by atoms with Crippen LogP contribution in [0, 0.1) is 24.7 Å². The fraction of sp³-hybridized carbons (Fsp3) is 0.704. The zero-order valence-corrected chi connectivity index (χ0v) is 20.7. The molecule has 0 aliphatic heterocycles. The smallest absolute Gasteiger partial charge is 0.420 e. The standard InChI is InChI=1S/C27H34F8O/c1-16-6-12-20(13-7-16)21-14-17(2)25(24(27(33,34)35)23(21)26(30,31)32)36-15-19-10-8-18(9-11-19)4-3-5-22(28)29/h5,14,16,18-20H,3-4,6-13,15H2,1-2H3. The predicted molar refractivity (Wildman–Crippen MR) is 122 cm³/mol. The van der Waals surface area contributed by atoms with Gasteiger partial charge in [0.1, 0.15) is 11.3 Å². The fourth-order valence-electron chi connectivity index (χ4n) is 5.80. The van der Waals surface area contributed by atoms with Crippen molar-refractivity contribution in [1.82, 2.24) is 0 Å². The third-order valence-electron chi connectivity index (χ3n) is 7.82. The first kappa shape index (κ1) is 28.8. The summed E-state index contributed by atoms with van der Waals surface area (Å²) in [5.41, 5.74) is -3.52. The van der Waals surface area contributed by atoms with Crippen molar-refractivity contribution in [3.63, 3.8) is 0 Å². The van der Waals surface area contributed by atoms with Gasteiger partial charge >= 0.3 is 12.4 Å². The van der Waals surface area contributed by atoms with Crippen molar-refractivity contribution in [3.8, 4) is 5.75 Å². The van der Waals surface area contributed by atoms with Gasteiger partial charge in [-0.2, -0.15) is 35.1 Å². The van der Waals surface area contributed by atoms with E-state index >= 15 is 0 Å². The van der Waals surface area contributed by atoms with Crippen LogP contribution in [0.4, 0.5) is 35.1 Å². The Morgan fingerprint density at radius 1 is 0.861 bits per heavy atom. The van der Waals surface area contributed by atoms with E-state index in [2.05, 4.69) is 0 Å². The Kier molecular flexibility index (Phi) is 9.36. The Labute approximate surface area is 207 Å². The molecule has 0 atom stereocenters. The minimum absolute atomic E-state index is 0.0673. The Hall–Kier alpha value is -1.80. The molecule has 0 amide bonds. The average molecular weight is 527 g/mol. The normalized spacial score (nSPS) is 25.5. The molecular formula is C27H34F8O. The molecule has 2 saturated carbocycles. The molecule has 1 aromatic rings. The molecule has 9 heteroatoms. The third kappa shape index (κ3) is 7.37. The van der Waals surface area contributed by atoms with E-state index in [0.29, 0.717) is 50.9 Å². The van der Waals surface area contributed by atoms with Gasteiger partial charge in [0, 0.05) is 0 Å². The van der Waals surface area contributed by atoms with Crippen LogP contribution < -0.4 is 4.74 Å². The average Bonchev–Trinajstić information content (AvgIpc) is 2.77. The number of hydrogen-bond donors (Lipinski definition) is 0. The summed E-state index contributed by atoms with van der Waals surface area (Å²) in [6.45, 7) is 3.28. The highest BCUT2D eigenvalue weighted by molar-refractivity contribution is 5.54. The number of hydrogen-bond acceptors (Lipinski definition) is 1. The van der Waals surface area contributed by atoms with Crippen LogP contribution in [0.25, 0.3) is 0 Å². The lowest BCUT2D eigenvalue weighted by Gasteiger charge is -2.32. The molecule has 0 bridgehead atoms. The van der Waals surface area contributed by atoms with Crippen molar-refractivity contribution in [3.05, 3.63) is 40.5 Å². The summed E-state index contributed by atoms with van der Waals surface area (Å²) in [6, 6.07) is 1.25. The molecule has 0 spiro atoms. The molecule has 0 radical (unpaired) electrons. The van der Waals surface area contributed by atoms with Gasteiger partial charge < -0.3 is 4.74 Å². The predicted octanol–water partition coefficient (Wildman–Crippen LogP) is 10.1. The van der Waals surface area contributed by atoms with Crippen LogP contribution in [0.3, 0.4) is 0 Å². The van der Waals surface area contributed by atoms with E-state index in [0.717, 1.165) is 18.9 Å². The van der Waals surface area contributed by atoms with Gasteiger partial charge in [-0.05, 0) is 86.3 Å². The number of aryl methyl sites for hydroxylation is 1. The van der Waals surface area contributed by atoms with Gasteiger partial charge in [0.05, 0.1) is 12.2 Å². The molecule has 36 heavy (non-hydrogen) atoms. The minimum Gasteiger partial charge on any atom is -0.492 e. The molecule has 0 saturated heterocycles. The van der Waals surface area contributed by atoms with E-state index in [1.165, 1.54) is 13.0 Å². The lowest BCUT2D eigenvalue weighted by atomic mass is 9.76. The van der Waals surface area contributed by atoms with Crippen molar-refractivity contribution < 1.29 is 39.9 Å². The highest BCUT2D eigenvalue weighted by Gasteiger charge is 2.49. The van der Waals surface area contributed by atoms with Gasteiger partial charge in [0.25, 0.3) is 6.08 Å². The summed E-state index contributed by atoms with van der Waals surface area (Å²) in [4.78, 5) is 0. The SMILES string of the molecule is Cc1cc(C2CCC(C)CC2)c(C(F)(F)F)c(C(F)(F)F)c1OCC1CCC(CCC=C(F)F)CC1. The van der Waals surface area contributed by atoms with E-state index < -0.39 is 41.2 Å². The maximum atomic E-state index is 14.2. The van der Waals surface area contributed by atoms with Crippen molar-refractivity contribution in [2.45, 2.75) is 96.3 Å². The number of alkyl halides is 6. The molecule has 0 unspecified atom stereocenters. The quantitative estimate of drug-likeness (QED) is 0.321. The number of allylic oxidation sites excluding steroid dienone is 1. The first-order chi connectivity index (χ1) is 16.8. The van der Waals surface area contributed by atoms with Crippen molar-refractivity contribution >= 4 is 0 Å².